The molecule has 1 fully saturated rings. The lowest BCUT2D eigenvalue weighted by Crippen LogP contribution is -2.53. The van der Waals surface area contributed by atoms with Crippen LogP contribution in [-0.2, 0) is 11.2 Å². The van der Waals surface area contributed by atoms with Crippen molar-refractivity contribution in [1.29, 1.82) is 0 Å². The summed E-state index contributed by atoms with van der Waals surface area (Å²) in [6.07, 6.45) is 0.928. The monoisotopic (exact) mass is 480 g/mol. The van der Waals surface area contributed by atoms with Crippen LogP contribution in [0.25, 0.3) is 10.9 Å². The number of nitrogens with zero attached hydrogens (tertiary/aromatic N) is 2. The van der Waals surface area contributed by atoms with E-state index >= 15 is 0 Å². The van der Waals surface area contributed by atoms with E-state index in [0.29, 0.717) is 36.3 Å². The van der Waals surface area contributed by atoms with Crippen molar-refractivity contribution < 1.29 is 23.8 Å². The fourth-order valence-electron chi connectivity index (χ4n) is 5.45. The van der Waals surface area contributed by atoms with Crippen LogP contribution in [-0.4, -0.2) is 64.1 Å². The van der Waals surface area contributed by atoms with Crippen molar-refractivity contribution in [2.45, 2.75) is 38.3 Å². The van der Waals surface area contributed by atoms with Gasteiger partial charge in [0.1, 0.15) is 17.3 Å². The van der Waals surface area contributed by atoms with Crippen molar-refractivity contribution in [2.75, 3.05) is 26.7 Å². The Morgan fingerprint density at radius 1 is 1.29 bits per heavy atom. The molecule has 3 amide bonds. The molecule has 0 radical (unpaired) electrons. The quantitative estimate of drug-likeness (QED) is 0.354. The molecule has 2 aliphatic heterocycles. The number of ether oxygens (including phenoxy) is 1. The Kier molecular flexibility index (Phi) is 5.67. The average molecular weight is 481 g/mol. The maximum atomic E-state index is 14.5. The number of hydrogen-bond donors (Lipinski definition) is 3. The standard InChI is InChI=1S/C26H29FN4O4/c1-4-28-9-6-10-30-24(33)26(2)14-18-17-12-21(35-3)19(27)13-20(17)29-22(18)23(31(26)25(30)34)15-7-5-8-16(32)11-15/h5,7-8,11-13,23,28-29,32H,4,6,9-10,14H2,1-3H3/t23-,26+/m1/s1. The van der Waals surface area contributed by atoms with Gasteiger partial charge in [-0.25, -0.2) is 9.18 Å². The summed E-state index contributed by atoms with van der Waals surface area (Å²) in [7, 11) is 1.41. The third-order valence-electron chi connectivity index (χ3n) is 7.11. The van der Waals surface area contributed by atoms with Crippen LogP contribution >= 0.6 is 0 Å². The van der Waals surface area contributed by atoms with Crippen molar-refractivity contribution in [3.63, 3.8) is 0 Å². The van der Waals surface area contributed by atoms with Gasteiger partial charge in [-0.15, -0.1) is 0 Å². The highest BCUT2D eigenvalue weighted by molar-refractivity contribution is 6.08. The van der Waals surface area contributed by atoms with E-state index in [9.17, 15) is 19.1 Å². The lowest BCUT2D eigenvalue weighted by atomic mass is 9.81. The van der Waals surface area contributed by atoms with E-state index in [1.807, 2.05) is 13.0 Å². The number of fused-ring (bicyclic) bond motifs is 4. The number of H-pyrrole nitrogens is 1. The Balaban J connectivity index is 1.67. The molecule has 2 atom stereocenters. The Morgan fingerprint density at radius 3 is 2.80 bits per heavy atom. The predicted molar refractivity (Wildman–Crippen MR) is 129 cm³/mol. The highest BCUT2D eigenvalue weighted by Gasteiger charge is 2.60. The number of aromatic amines is 1. The van der Waals surface area contributed by atoms with E-state index in [1.165, 1.54) is 18.1 Å². The van der Waals surface area contributed by atoms with Gasteiger partial charge in [0.2, 0.25) is 0 Å². The van der Waals surface area contributed by atoms with Crippen molar-refractivity contribution in [1.82, 2.24) is 20.1 Å². The number of hydrogen-bond acceptors (Lipinski definition) is 5. The topological polar surface area (TPSA) is 97.9 Å². The van der Waals surface area contributed by atoms with Gasteiger partial charge >= 0.3 is 6.03 Å². The molecule has 0 unspecified atom stereocenters. The number of amides is 3. The first-order chi connectivity index (χ1) is 16.8. The van der Waals surface area contributed by atoms with Crippen LogP contribution in [0.15, 0.2) is 36.4 Å². The van der Waals surface area contributed by atoms with Crippen molar-refractivity contribution >= 4 is 22.8 Å². The number of halogens is 1. The van der Waals surface area contributed by atoms with E-state index in [2.05, 4.69) is 10.3 Å². The zero-order valence-electron chi connectivity index (χ0n) is 20.0. The summed E-state index contributed by atoms with van der Waals surface area (Å²) in [5.41, 5.74) is 1.62. The SMILES string of the molecule is CCNCCCN1C(=O)N2[C@H](c3cccc(O)c3)c3[nH]c4cc(F)c(OC)cc4c3C[C@@]2(C)C1=O. The molecule has 2 aliphatic rings. The Morgan fingerprint density at radius 2 is 2.09 bits per heavy atom. The largest absolute Gasteiger partial charge is 0.508 e. The molecule has 5 rings (SSSR count). The van der Waals surface area contributed by atoms with Gasteiger partial charge in [-0.2, -0.15) is 0 Å². The van der Waals surface area contributed by atoms with Gasteiger partial charge in [-0.1, -0.05) is 19.1 Å². The van der Waals surface area contributed by atoms with Crippen LogP contribution in [0, 0.1) is 5.82 Å². The summed E-state index contributed by atoms with van der Waals surface area (Å²) in [4.78, 5) is 33.7. The molecular weight excluding hydrogens is 451 g/mol. The van der Waals surface area contributed by atoms with Gasteiger partial charge in [0.05, 0.1) is 7.11 Å². The van der Waals surface area contributed by atoms with Crippen molar-refractivity contribution in [3.05, 3.63) is 59.0 Å². The minimum Gasteiger partial charge on any atom is -0.508 e. The molecule has 0 spiro atoms. The Labute approximate surface area is 202 Å². The molecule has 1 aromatic heterocycles. The third-order valence-corrected chi connectivity index (χ3v) is 7.11. The van der Waals surface area contributed by atoms with Gasteiger partial charge in [-0.05, 0) is 55.8 Å². The second kappa shape index (κ2) is 8.57. The van der Waals surface area contributed by atoms with Crippen LogP contribution in [0.5, 0.6) is 11.5 Å². The van der Waals surface area contributed by atoms with Crippen LogP contribution in [0.1, 0.15) is 43.1 Å². The molecular formula is C26H29FN4O4. The number of carbonyl (C=O) groups is 2. The number of phenolic OH excluding ortho intramolecular Hbond substituents is 1. The van der Waals surface area contributed by atoms with Gasteiger partial charge in [-0.3, -0.25) is 14.6 Å². The molecule has 184 valence electrons. The predicted octanol–water partition coefficient (Wildman–Crippen LogP) is 3.69. The summed E-state index contributed by atoms with van der Waals surface area (Å²) in [5, 5.41) is 14.2. The molecule has 3 N–H and O–H groups in total. The lowest BCUT2D eigenvalue weighted by Gasteiger charge is -2.42. The van der Waals surface area contributed by atoms with Crippen LogP contribution in [0.3, 0.4) is 0 Å². The molecule has 35 heavy (non-hydrogen) atoms. The van der Waals surface area contributed by atoms with E-state index in [0.717, 1.165) is 17.5 Å². The number of aromatic hydroxyl groups is 1. The number of carbonyl (C=O) groups excluding carboxylic acids is 2. The second-order valence-corrected chi connectivity index (χ2v) is 9.31. The number of aromatic nitrogens is 1. The molecule has 1 saturated heterocycles. The smallest absolute Gasteiger partial charge is 0.328 e. The maximum absolute atomic E-state index is 14.5. The number of nitrogens with one attached hydrogen (secondary N) is 2. The average Bonchev–Trinajstić information content (AvgIpc) is 3.26. The first-order valence-electron chi connectivity index (χ1n) is 11.8. The fourth-order valence-corrected chi connectivity index (χ4v) is 5.45. The van der Waals surface area contributed by atoms with Crippen molar-refractivity contribution in [2.24, 2.45) is 0 Å². The molecule has 0 saturated carbocycles. The number of imide groups is 1. The van der Waals surface area contributed by atoms with E-state index in [4.69, 9.17) is 4.74 Å². The second-order valence-electron chi connectivity index (χ2n) is 9.31. The molecule has 9 heteroatoms. The summed E-state index contributed by atoms with van der Waals surface area (Å²) >= 11 is 0. The maximum Gasteiger partial charge on any atom is 0.328 e. The molecule has 8 nitrogen and oxygen atoms in total. The number of benzene rings is 2. The minimum atomic E-state index is -1.13. The number of phenols is 1. The molecule has 0 bridgehead atoms. The van der Waals surface area contributed by atoms with E-state index in [-0.39, 0.29) is 29.9 Å². The highest BCUT2D eigenvalue weighted by Crippen LogP contribution is 2.49. The molecule has 0 aliphatic carbocycles. The zero-order chi connectivity index (χ0) is 24.9. The minimum absolute atomic E-state index is 0.0561. The first kappa shape index (κ1) is 23.2. The summed E-state index contributed by atoms with van der Waals surface area (Å²) < 4.78 is 19.7. The van der Waals surface area contributed by atoms with E-state index < -0.39 is 17.4 Å². The molecule has 3 aromatic rings. The van der Waals surface area contributed by atoms with Gasteiger partial charge in [0.15, 0.2) is 11.6 Å². The number of urea groups is 1. The Bertz CT molecular complexity index is 1320. The molecule has 2 aromatic carbocycles. The summed E-state index contributed by atoms with van der Waals surface area (Å²) in [5.74, 6) is -0.586. The first-order valence-corrected chi connectivity index (χ1v) is 11.8. The fraction of sp³-hybridized carbons (Fsp3) is 0.385. The number of methoxy groups -OCH3 is 1. The third kappa shape index (κ3) is 3.53. The van der Waals surface area contributed by atoms with Gasteiger partial charge in [0, 0.05) is 35.6 Å². The van der Waals surface area contributed by atoms with Crippen LogP contribution < -0.4 is 10.1 Å². The highest BCUT2D eigenvalue weighted by atomic mass is 19.1. The summed E-state index contributed by atoms with van der Waals surface area (Å²) in [6, 6.07) is 8.66. The normalized spacial score (nSPS) is 21.5. The molecule has 3 heterocycles. The van der Waals surface area contributed by atoms with Crippen LogP contribution in [0.4, 0.5) is 9.18 Å². The van der Waals surface area contributed by atoms with Crippen LogP contribution in [0.2, 0.25) is 0 Å². The van der Waals surface area contributed by atoms with Gasteiger partial charge in [0.25, 0.3) is 5.91 Å². The van der Waals surface area contributed by atoms with Gasteiger partial charge < -0.3 is 20.1 Å². The summed E-state index contributed by atoms with van der Waals surface area (Å²) in [6.45, 7) is 5.63. The zero-order valence-corrected chi connectivity index (χ0v) is 20.0. The Hall–Kier alpha value is -3.59. The number of rotatable bonds is 7. The van der Waals surface area contributed by atoms with Crippen molar-refractivity contribution in [3.8, 4) is 11.5 Å². The van der Waals surface area contributed by atoms with E-state index in [1.54, 1.807) is 36.1 Å². The lowest BCUT2D eigenvalue weighted by molar-refractivity contribution is -0.133.